The molecule has 0 spiro atoms. The average molecular weight is 290 g/mol. The highest BCUT2D eigenvalue weighted by Crippen LogP contribution is 2.17. The van der Waals surface area contributed by atoms with Crippen LogP contribution in [0.25, 0.3) is 0 Å². The standard InChI is InChI=1S/C16H26N4O/c1-11-9-20(10-12(2)19(11)4)13(3)16(21)18-15-7-5-14(17)6-8-15/h5-8,11-13H,9-10,17H2,1-4H3,(H,18,21). The molecule has 116 valence electrons. The van der Waals surface area contributed by atoms with Crippen molar-refractivity contribution in [3.05, 3.63) is 24.3 Å². The number of nitrogens with zero attached hydrogens (tertiary/aromatic N) is 2. The van der Waals surface area contributed by atoms with Crippen LogP contribution in [0.15, 0.2) is 24.3 Å². The number of amides is 1. The van der Waals surface area contributed by atoms with Crippen LogP contribution in [0.2, 0.25) is 0 Å². The van der Waals surface area contributed by atoms with Gasteiger partial charge in [-0.2, -0.15) is 0 Å². The van der Waals surface area contributed by atoms with Gasteiger partial charge >= 0.3 is 0 Å². The molecule has 1 saturated heterocycles. The van der Waals surface area contributed by atoms with Gasteiger partial charge in [0.25, 0.3) is 0 Å². The zero-order valence-electron chi connectivity index (χ0n) is 13.3. The van der Waals surface area contributed by atoms with Crippen LogP contribution >= 0.6 is 0 Å². The first kappa shape index (κ1) is 15.8. The first-order chi connectivity index (χ1) is 9.88. The molecule has 1 fully saturated rings. The Hall–Kier alpha value is -1.59. The minimum atomic E-state index is -0.138. The monoisotopic (exact) mass is 290 g/mol. The largest absolute Gasteiger partial charge is 0.399 e. The summed E-state index contributed by atoms with van der Waals surface area (Å²) in [5.74, 6) is 0.0312. The number of nitrogens with two attached hydrogens (primary N) is 1. The first-order valence-corrected chi connectivity index (χ1v) is 7.51. The van der Waals surface area contributed by atoms with Gasteiger partial charge in [0, 0.05) is 36.5 Å². The molecule has 0 aromatic heterocycles. The number of hydrogen-bond acceptors (Lipinski definition) is 4. The van der Waals surface area contributed by atoms with Crippen LogP contribution < -0.4 is 11.1 Å². The molecule has 5 nitrogen and oxygen atoms in total. The van der Waals surface area contributed by atoms with E-state index in [1.54, 1.807) is 12.1 Å². The highest BCUT2D eigenvalue weighted by molar-refractivity contribution is 5.94. The van der Waals surface area contributed by atoms with E-state index < -0.39 is 0 Å². The second kappa shape index (κ2) is 6.45. The lowest BCUT2D eigenvalue weighted by Crippen LogP contribution is -2.58. The summed E-state index contributed by atoms with van der Waals surface area (Å²) in [7, 11) is 2.14. The SMILES string of the molecule is CC(C(=O)Nc1ccc(N)cc1)N1CC(C)N(C)C(C)C1. The second-order valence-electron chi connectivity index (χ2n) is 6.10. The Morgan fingerprint density at radius 3 is 2.29 bits per heavy atom. The van der Waals surface area contributed by atoms with Crippen molar-refractivity contribution >= 4 is 17.3 Å². The molecule has 1 aromatic carbocycles. The maximum absolute atomic E-state index is 12.4. The van der Waals surface area contributed by atoms with Crippen LogP contribution in [0.4, 0.5) is 11.4 Å². The fourth-order valence-electron chi connectivity index (χ4n) is 2.74. The summed E-state index contributed by atoms with van der Waals surface area (Å²) < 4.78 is 0. The van der Waals surface area contributed by atoms with Crippen LogP contribution in [-0.4, -0.2) is 54.0 Å². The normalized spacial score (nSPS) is 25.5. The third-order valence-electron chi connectivity index (χ3n) is 4.49. The number of carbonyl (C=O) groups excluding carboxylic acids is 1. The molecule has 3 unspecified atom stereocenters. The van der Waals surface area contributed by atoms with Crippen molar-refractivity contribution < 1.29 is 4.79 Å². The molecule has 0 radical (unpaired) electrons. The van der Waals surface area contributed by atoms with E-state index in [4.69, 9.17) is 5.73 Å². The Kier molecular flexibility index (Phi) is 4.85. The highest BCUT2D eigenvalue weighted by Gasteiger charge is 2.31. The topological polar surface area (TPSA) is 61.6 Å². The van der Waals surface area contributed by atoms with Gasteiger partial charge in [-0.25, -0.2) is 0 Å². The molecule has 21 heavy (non-hydrogen) atoms. The molecule has 0 aliphatic carbocycles. The van der Waals surface area contributed by atoms with Crippen LogP contribution in [-0.2, 0) is 4.79 Å². The predicted octanol–water partition coefficient (Wildman–Crippen LogP) is 1.62. The molecule has 2 rings (SSSR count). The third kappa shape index (κ3) is 3.74. The summed E-state index contributed by atoms with van der Waals surface area (Å²) >= 11 is 0. The van der Waals surface area contributed by atoms with Gasteiger partial charge in [0.1, 0.15) is 0 Å². The lowest BCUT2D eigenvalue weighted by Gasteiger charge is -2.44. The minimum absolute atomic E-state index is 0.0312. The number of anilines is 2. The number of hydrogen-bond donors (Lipinski definition) is 2. The van der Waals surface area contributed by atoms with E-state index in [9.17, 15) is 4.79 Å². The quantitative estimate of drug-likeness (QED) is 0.831. The Morgan fingerprint density at radius 2 is 1.76 bits per heavy atom. The number of piperazine rings is 1. The molecule has 5 heteroatoms. The van der Waals surface area contributed by atoms with Gasteiger partial charge in [-0.3, -0.25) is 14.6 Å². The lowest BCUT2D eigenvalue weighted by atomic mass is 10.1. The summed E-state index contributed by atoms with van der Waals surface area (Å²) in [5.41, 5.74) is 7.14. The smallest absolute Gasteiger partial charge is 0.241 e. The Bertz CT molecular complexity index is 476. The molecule has 1 aromatic rings. The van der Waals surface area contributed by atoms with Gasteiger partial charge in [-0.1, -0.05) is 0 Å². The number of carbonyl (C=O) groups is 1. The molecule has 3 atom stereocenters. The van der Waals surface area contributed by atoms with Crippen molar-refractivity contribution in [2.75, 3.05) is 31.2 Å². The van der Waals surface area contributed by atoms with Crippen molar-refractivity contribution in [3.63, 3.8) is 0 Å². The van der Waals surface area contributed by atoms with Gasteiger partial charge < -0.3 is 11.1 Å². The van der Waals surface area contributed by atoms with Crippen molar-refractivity contribution in [2.45, 2.75) is 38.9 Å². The number of rotatable bonds is 3. The fraction of sp³-hybridized carbons (Fsp3) is 0.562. The van der Waals surface area contributed by atoms with E-state index in [2.05, 4.69) is 36.0 Å². The van der Waals surface area contributed by atoms with Gasteiger partial charge in [0.05, 0.1) is 6.04 Å². The van der Waals surface area contributed by atoms with Gasteiger partial charge in [-0.15, -0.1) is 0 Å². The summed E-state index contributed by atoms with van der Waals surface area (Å²) in [6, 6.07) is 8.02. The van der Waals surface area contributed by atoms with Gasteiger partial charge in [0.15, 0.2) is 0 Å². The molecular formula is C16H26N4O. The van der Waals surface area contributed by atoms with Crippen molar-refractivity contribution in [1.29, 1.82) is 0 Å². The van der Waals surface area contributed by atoms with Crippen molar-refractivity contribution in [2.24, 2.45) is 0 Å². The summed E-state index contributed by atoms with van der Waals surface area (Å²) in [5, 5.41) is 2.96. The molecule has 3 N–H and O–H groups in total. The Morgan fingerprint density at radius 1 is 1.24 bits per heavy atom. The number of nitrogen functional groups attached to an aromatic ring is 1. The molecule has 0 saturated carbocycles. The Balaban J connectivity index is 1.97. The van der Waals surface area contributed by atoms with E-state index in [0.717, 1.165) is 18.8 Å². The summed E-state index contributed by atoms with van der Waals surface area (Å²) in [6.45, 7) is 8.20. The zero-order valence-corrected chi connectivity index (χ0v) is 13.3. The third-order valence-corrected chi connectivity index (χ3v) is 4.49. The fourth-order valence-corrected chi connectivity index (χ4v) is 2.74. The predicted molar refractivity (Wildman–Crippen MR) is 87.2 cm³/mol. The summed E-state index contributed by atoms with van der Waals surface area (Å²) in [6.07, 6.45) is 0. The maximum Gasteiger partial charge on any atom is 0.241 e. The molecule has 1 aliphatic rings. The minimum Gasteiger partial charge on any atom is -0.399 e. The lowest BCUT2D eigenvalue weighted by molar-refractivity contribution is -0.122. The molecule has 1 amide bonds. The number of benzene rings is 1. The molecule has 0 bridgehead atoms. The van der Waals surface area contributed by atoms with Crippen LogP contribution in [0.5, 0.6) is 0 Å². The van der Waals surface area contributed by atoms with Gasteiger partial charge in [0.2, 0.25) is 5.91 Å². The summed E-state index contributed by atoms with van der Waals surface area (Å²) in [4.78, 5) is 17.0. The van der Waals surface area contributed by atoms with E-state index in [1.807, 2.05) is 19.1 Å². The van der Waals surface area contributed by atoms with Crippen LogP contribution in [0, 0.1) is 0 Å². The second-order valence-corrected chi connectivity index (χ2v) is 6.10. The zero-order chi connectivity index (χ0) is 15.6. The number of likely N-dealkylation sites (N-methyl/N-ethyl adjacent to an activating group) is 1. The van der Waals surface area contributed by atoms with Crippen LogP contribution in [0.1, 0.15) is 20.8 Å². The van der Waals surface area contributed by atoms with Crippen LogP contribution in [0.3, 0.4) is 0 Å². The molecular weight excluding hydrogens is 264 g/mol. The van der Waals surface area contributed by atoms with E-state index in [-0.39, 0.29) is 11.9 Å². The van der Waals surface area contributed by atoms with E-state index >= 15 is 0 Å². The van der Waals surface area contributed by atoms with Gasteiger partial charge in [-0.05, 0) is 52.1 Å². The highest BCUT2D eigenvalue weighted by atomic mass is 16.2. The van der Waals surface area contributed by atoms with E-state index in [0.29, 0.717) is 17.8 Å². The average Bonchev–Trinajstić information content (AvgIpc) is 2.45. The van der Waals surface area contributed by atoms with Crippen molar-refractivity contribution in [3.8, 4) is 0 Å². The number of nitrogens with one attached hydrogen (secondary N) is 1. The van der Waals surface area contributed by atoms with Crippen molar-refractivity contribution in [1.82, 2.24) is 9.80 Å². The molecule has 1 aliphatic heterocycles. The Labute approximate surface area is 127 Å². The van der Waals surface area contributed by atoms with E-state index in [1.165, 1.54) is 0 Å². The maximum atomic E-state index is 12.4. The molecule has 1 heterocycles. The first-order valence-electron chi connectivity index (χ1n) is 7.51.